The number of amides is 1. The summed E-state index contributed by atoms with van der Waals surface area (Å²) in [6, 6.07) is 5.83. The van der Waals surface area contributed by atoms with E-state index in [2.05, 4.69) is 15.2 Å². The number of carbonyl (C=O) groups is 1. The van der Waals surface area contributed by atoms with Crippen LogP contribution in [0.2, 0.25) is 0 Å². The van der Waals surface area contributed by atoms with Crippen molar-refractivity contribution in [3.05, 3.63) is 40.9 Å². The fourth-order valence-electron chi connectivity index (χ4n) is 4.46. The summed E-state index contributed by atoms with van der Waals surface area (Å²) < 4.78 is 16.5. The monoisotopic (exact) mass is 452 g/mol. The Morgan fingerprint density at radius 2 is 1.97 bits per heavy atom. The molecule has 1 fully saturated rings. The lowest BCUT2D eigenvalue weighted by atomic mass is 9.96. The van der Waals surface area contributed by atoms with Gasteiger partial charge < -0.3 is 24.1 Å². The topological polar surface area (TPSA) is 89.7 Å². The minimum Gasteiger partial charge on any atom is -0.493 e. The van der Waals surface area contributed by atoms with E-state index in [0.717, 1.165) is 53.9 Å². The molecule has 33 heavy (non-hydrogen) atoms. The van der Waals surface area contributed by atoms with Crippen LogP contribution < -0.4 is 19.7 Å². The molecule has 1 atom stereocenters. The zero-order chi connectivity index (χ0) is 23.5. The predicted octanol–water partition coefficient (Wildman–Crippen LogP) is 3.74. The van der Waals surface area contributed by atoms with Gasteiger partial charge in [-0.2, -0.15) is 4.98 Å². The van der Waals surface area contributed by atoms with Crippen molar-refractivity contribution in [3.8, 4) is 11.5 Å². The summed E-state index contributed by atoms with van der Waals surface area (Å²) in [5, 5.41) is 4.07. The van der Waals surface area contributed by atoms with Gasteiger partial charge in [-0.05, 0) is 57.7 Å². The normalized spacial score (nSPS) is 16.2. The second kappa shape index (κ2) is 9.68. The molecule has 4 rings (SSSR count). The SMILES string of the molecule is COc1ccc(CCNC(=O)[C@@H]2CCCN(c3nc(C)nc4oc(C)c(C)c34)C2)cc1OC. The Kier molecular flexibility index (Phi) is 6.72. The van der Waals surface area contributed by atoms with Gasteiger partial charge >= 0.3 is 0 Å². The number of fused-ring (bicyclic) bond motifs is 1. The summed E-state index contributed by atoms with van der Waals surface area (Å²) in [5.41, 5.74) is 2.76. The molecule has 0 unspecified atom stereocenters. The first kappa shape index (κ1) is 22.9. The maximum atomic E-state index is 13.0. The molecule has 0 saturated carbocycles. The van der Waals surface area contributed by atoms with Crippen LogP contribution in [-0.2, 0) is 11.2 Å². The molecule has 1 N–H and O–H groups in total. The molecule has 1 aliphatic heterocycles. The molecule has 3 heterocycles. The molecule has 1 saturated heterocycles. The summed E-state index contributed by atoms with van der Waals surface area (Å²) in [4.78, 5) is 24.4. The lowest BCUT2D eigenvalue weighted by Gasteiger charge is -2.33. The zero-order valence-electron chi connectivity index (χ0n) is 20.0. The molecule has 0 bridgehead atoms. The Morgan fingerprint density at radius 1 is 1.18 bits per heavy atom. The van der Waals surface area contributed by atoms with E-state index in [4.69, 9.17) is 18.9 Å². The van der Waals surface area contributed by atoms with Gasteiger partial charge in [-0.25, -0.2) is 4.98 Å². The number of nitrogens with zero attached hydrogens (tertiary/aromatic N) is 3. The number of ether oxygens (including phenoxy) is 2. The van der Waals surface area contributed by atoms with Gasteiger partial charge in [0.05, 0.1) is 25.5 Å². The van der Waals surface area contributed by atoms with Gasteiger partial charge in [0.2, 0.25) is 11.6 Å². The highest BCUT2D eigenvalue weighted by Crippen LogP contribution is 2.33. The van der Waals surface area contributed by atoms with E-state index in [1.165, 1.54) is 0 Å². The molecule has 0 spiro atoms. The molecule has 176 valence electrons. The van der Waals surface area contributed by atoms with Gasteiger partial charge in [0.1, 0.15) is 17.4 Å². The number of aryl methyl sites for hydroxylation is 3. The molecular formula is C25H32N4O4. The fourth-order valence-corrected chi connectivity index (χ4v) is 4.46. The van der Waals surface area contributed by atoms with Crippen LogP contribution in [0.5, 0.6) is 11.5 Å². The summed E-state index contributed by atoms with van der Waals surface area (Å²) >= 11 is 0. The Balaban J connectivity index is 1.41. The van der Waals surface area contributed by atoms with Gasteiger partial charge in [0.15, 0.2) is 11.5 Å². The van der Waals surface area contributed by atoms with Crippen LogP contribution in [0.1, 0.15) is 35.6 Å². The largest absolute Gasteiger partial charge is 0.493 e. The minimum absolute atomic E-state index is 0.0808. The van der Waals surface area contributed by atoms with Crippen molar-refractivity contribution in [2.24, 2.45) is 5.92 Å². The Labute approximate surface area is 194 Å². The number of rotatable bonds is 7. The van der Waals surface area contributed by atoms with E-state index in [9.17, 15) is 4.79 Å². The van der Waals surface area contributed by atoms with Gasteiger partial charge in [0.25, 0.3) is 0 Å². The molecule has 1 amide bonds. The van der Waals surface area contributed by atoms with Crippen molar-refractivity contribution in [1.29, 1.82) is 0 Å². The van der Waals surface area contributed by atoms with E-state index < -0.39 is 0 Å². The summed E-state index contributed by atoms with van der Waals surface area (Å²) in [7, 11) is 3.24. The van der Waals surface area contributed by atoms with E-state index in [1.54, 1.807) is 14.2 Å². The fraction of sp³-hybridized carbons (Fsp3) is 0.480. The first-order chi connectivity index (χ1) is 15.9. The number of benzene rings is 1. The summed E-state index contributed by atoms with van der Waals surface area (Å²) in [6.45, 7) is 7.93. The van der Waals surface area contributed by atoms with Gasteiger partial charge in [-0.1, -0.05) is 6.07 Å². The second-order valence-electron chi connectivity index (χ2n) is 8.57. The minimum atomic E-state index is -0.0808. The Morgan fingerprint density at radius 3 is 2.73 bits per heavy atom. The number of piperidine rings is 1. The highest BCUT2D eigenvalue weighted by molar-refractivity contribution is 5.90. The van der Waals surface area contributed by atoms with E-state index >= 15 is 0 Å². The lowest BCUT2D eigenvalue weighted by Crippen LogP contribution is -2.44. The van der Waals surface area contributed by atoms with Crippen LogP contribution in [0.3, 0.4) is 0 Å². The van der Waals surface area contributed by atoms with Gasteiger partial charge in [0, 0.05) is 25.2 Å². The van der Waals surface area contributed by atoms with Crippen molar-refractivity contribution in [3.63, 3.8) is 0 Å². The highest BCUT2D eigenvalue weighted by atomic mass is 16.5. The quantitative estimate of drug-likeness (QED) is 0.584. The van der Waals surface area contributed by atoms with E-state index in [-0.39, 0.29) is 11.8 Å². The third-order valence-corrected chi connectivity index (χ3v) is 6.37. The van der Waals surface area contributed by atoms with E-state index in [1.807, 2.05) is 39.0 Å². The number of anilines is 1. The number of methoxy groups -OCH3 is 2. The number of carbonyl (C=O) groups excluding carboxylic acids is 1. The van der Waals surface area contributed by atoms with Crippen molar-refractivity contribution in [2.45, 2.75) is 40.0 Å². The number of nitrogens with one attached hydrogen (secondary N) is 1. The van der Waals surface area contributed by atoms with Crippen molar-refractivity contribution in [1.82, 2.24) is 15.3 Å². The number of aromatic nitrogens is 2. The number of furan rings is 1. The number of hydrogen-bond acceptors (Lipinski definition) is 7. The van der Waals surface area contributed by atoms with Crippen molar-refractivity contribution >= 4 is 22.8 Å². The predicted molar refractivity (Wildman–Crippen MR) is 127 cm³/mol. The smallest absolute Gasteiger partial charge is 0.231 e. The first-order valence-electron chi connectivity index (χ1n) is 11.4. The lowest BCUT2D eigenvalue weighted by molar-refractivity contribution is -0.125. The molecular weight excluding hydrogens is 420 g/mol. The third kappa shape index (κ3) is 4.74. The molecule has 8 heteroatoms. The van der Waals surface area contributed by atoms with Crippen LogP contribution in [0.4, 0.5) is 5.82 Å². The number of hydrogen-bond donors (Lipinski definition) is 1. The van der Waals surface area contributed by atoms with Gasteiger partial charge in [-0.3, -0.25) is 4.79 Å². The van der Waals surface area contributed by atoms with Crippen LogP contribution in [-0.4, -0.2) is 49.7 Å². The average molecular weight is 453 g/mol. The highest BCUT2D eigenvalue weighted by Gasteiger charge is 2.29. The molecule has 1 aliphatic rings. The summed E-state index contributed by atoms with van der Waals surface area (Å²) in [6.07, 6.45) is 2.53. The molecule has 1 aromatic carbocycles. The second-order valence-corrected chi connectivity index (χ2v) is 8.57. The molecule has 0 aliphatic carbocycles. The molecule has 3 aromatic rings. The van der Waals surface area contributed by atoms with Crippen molar-refractivity contribution in [2.75, 3.05) is 38.8 Å². The molecule has 0 radical (unpaired) electrons. The van der Waals surface area contributed by atoms with Gasteiger partial charge in [-0.15, -0.1) is 0 Å². The first-order valence-corrected chi connectivity index (χ1v) is 11.4. The third-order valence-electron chi connectivity index (χ3n) is 6.37. The van der Waals surface area contributed by atoms with Crippen LogP contribution in [0.25, 0.3) is 11.1 Å². The standard InChI is InChI=1S/C25H32N4O4/c1-15-16(2)33-25-22(15)23(27-17(3)28-25)29-12-6-7-19(14-29)24(30)26-11-10-18-8-9-20(31-4)21(13-18)32-5/h8-9,13,19H,6-7,10-12,14H2,1-5H3,(H,26,30)/t19-/m1/s1. The van der Waals surface area contributed by atoms with Crippen LogP contribution in [0, 0.1) is 26.7 Å². The maximum Gasteiger partial charge on any atom is 0.231 e. The summed E-state index contributed by atoms with van der Waals surface area (Å²) in [5.74, 6) is 3.80. The Hall–Kier alpha value is -3.29. The zero-order valence-corrected chi connectivity index (χ0v) is 20.0. The van der Waals surface area contributed by atoms with Crippen LogP contribution in [0.15, 0.2) is 22.6 Å². The Bertz CT molecular complexity index is 1160. The maximum absolute atomic E-state index is 13.0. The molecule has 2 aromatic heterocycles. The average Bonchev–Trinajstić information content (AvgIpc) is 3.11. The van der Waals surface area contributed by atoms with E-state index in [0.29, 0.717) is 36.1 Å². The van der Waals surface area contributed by atoms with Crippen molar-refractivity contribution < 1.29 is 18.7 Å². The van der Waals surface area contributed by atoms with Crippen LogP contribution >= 0.6 is 0 Å². The molecule has 8 nitrogen and oxygen atoms in total.